The van der Waals surface area contributed by atoms with Gasteiger partial charge in [-0.2, -0.15) is 0 Å². The van der Waals surface area contributed by atoms with Crippen LogP contribution in [-0.4, -0.2) is 15.3 Å². The van der Waals surface area contributed by atoms with E-state index in [0.717, 1.165) is 10.1 Å². The molecule has 0 saturated heterocycles. The summed E-state index contributed by atoms with van der Waals surface area (Å²) in [6.07, 6.45) is 1.42. The number of rotatable bonds is 3. The van der Waals surface area contributed by atoms with Gasteiger partial charge in [-0.15, -0.1) is 0 Å². The molecule has 1 heterocycles. The van der Waals surface area contributed by atoms with Crippen LogP contribution in [0.1, 0.15) is 11.1 Å². The fourth-order valence-electron chi connectivity index (χ4n) is 1.83. The number of nitrogens with zero attached hydrogens (tertiary/aromatic N) is 3. The zero-order chi connectivity index (χ0) is 14.7. The van der Waals surface area contributed by atoms with Crippen LogP contribution in [0.15, 0.2) is 44.9 Å². The van der Waals surface area contributed by atoms with Crippen LogP contribution >= 0.6 is 0 Å². The fourth-order valence-corrected chi connectivity index (χ4v) is 1.83. The van der Waals surface area contributed by atoms with E-state index in [1.165, 1.54) is 24.9 Å². The van der Waals surface area contributed by atoms with E-state index in [9.17, 15) is 9.59 Å². The highest BCUT2D eigenvalue weighted by atomic mass is 16.2. The van der Waals surface area contributed by atoms with Crippen LogP contribution in [0, 0.1) is 0 Å². The molecule has 0 unspecified atom stereocenters. The molecular formula is C14H16N4O2. The molecule has 0 amide bonds. The number of aliphatic imine (C=N–C) groups is 1. The molecule has 0 aliphatic heterocycles. The van der Waals surface area contributed by atoms with Crippen LogP contribution in [0.2, 0.25) is 0 Å². The van der Waals surface area contributed by atoms with E-state index < -0.39 is 11.2 Å². The summed E-state index contributed by atoms with van der Waals surface area (Å²) >= 11 is 0. The minimum atomic E-state index is -0.451. The van der Waals surface area contributed by atoms with Gasteiger partial charge in [0, 0.05) is 20.3 Å². The lowest BCUT2D eigenvalue weighted by atomic mass is 10.2. The molecule has 6 heteroatoms. The summed E-state index contributed by atoms with van der Waals surface area (Å²) in [7, 11) is 2.93. The molecular weight excluding hydrogens is 256 g/mol. The lowest BCUT2D eigenvalue weighted by Gasteiger charge is -2.08. The van der Waals surface area contributed by atoms with E-state index in [4.69, 9.17) is 5.73 Å². The number of hydrogen-bond donors (Lipinski definition) is 1. The third kappa shape index (κ3) is 2.54. The summed E-state index contributed by atoms with van der Waals surface area (Å²) < 4.78 is 2.24. The van der Waals surface area contributed by atoms with Crippen molar-refractivity contribution in [2.24, 2.45) is 19.1 Å². The van der Waals surface area contributed by atoms with Crippen LogP contribution in [0.25, 0.3) is 0 Å². The highest BCUT2D eigenvalue weighted by Gasteiger charge is 2.10. The zero-order valence-corrected chi connectivity index (χ0v) is 11.4. The second-order valence-electron chi connectivity index (χ2n) is 4.46. The number of anilines is 1. The number of benzene rings is 1. The molecule has 0 radical (unpaired) electrons. The first-order valence-electron chi connectivity index (χ1n) is 6.11. The molecule has 20 heavy (non-hydrogen) atoms. The van der Waals surface area contributed by atoms with Crippen molar-refractivity contribution in [3.63, 3.8) is 0 Å². The maximum Gasteiger partial charge on any atom is 0.332 e. The smallest absolute Gasteiger partial charge is 0.332 e. The van der Waals surface area contributed by atoms with E-state index in [0.29, 0.717) is 6.54 Å². The highest BCUT2D eigenvalue weighted by molar-refractivity contribution is 5.85. The second kappa shape index (κ2) is 5.56. The van der Waals surface area contributed by atoms with Crippen molar-refractivity contribution in [2.45, 2.75) is 6.54 Å². The first-order chi connectivity index (χ1) is 9.52. The SMILES string of the molecule is Cn1c(N)c(C=NCc2ccccc2)c(=O)n(C)c1=O. The predicted molar refractivity (Wildman–Crippen MR) is 79.1 cm³/mol. The number of hydrogen-bond acceptors (Lipinski definition) is 4. The molecule has 104 valence electrons. The van der Waals surface area contributed by atoms with Crippen molar-refractivity contribution in [3.05, 3.63) is 62.3 Å². The molecule has 2 N–H and O–H groups in total. The van der Waals surface area contributed by atoms with Gasteiger partial charge in [-0.25, -0.2) is 4.79 Å². The van der Waals surface area contributed by atoms with Crippen LogP contribution < -0.4 is 17.0 Å². The molecule has 0 spiro atoms. The van der Waals surface area contributed by atoms with Gasteiger partial charge in [-0.05, 0) is 5.56 Å². The molecule has 0 fully saturated rings. The number of nitrogens with two attached hydrogens (primary N) is 1. The minimum Gasteiger partial charge on any atom is -0.384 e. The lowest BCUT2D eigenvalue weighted by molar-refractivity contribution is 0.692. The van der Waals surface area contributed by atoms with E-state index >= 15 is 0 Å². The zero-order valence-electron chi connectivity index (χ0n) is 11.4. The van der Waals surface area contributed by atoms with Crippen molar-refractivity contribution in [3.8, 4) is 0 Å². The van der Waals surface area contributed by atoms with Crippen molar-refractivity contribution in [1.82, 2.24) is 9.13 Å². The molecule has 2 aromatic rings. The largest absolute Gasteiger partial charge is 0.384 e. The minimum absolute atomic E-state index is 0.120. The third-order valence-electron chi connectivity index (χ3n) is 3.08. The van der Waals surface area contributed by atoms with E-state index in [-0.39, 0.29) is 11.4 Å². The Balaban J connectivity index is 2.35. The first-order valence-corrected chi connectivity index (χ1v) is 6.11. The normalized spacial score (nSPS) is 11.1. The van der Waals surface area contributed by atoms with Gasteiger partial charge in [0.25, 0.3) is 5.56 Å². The maximum atomic E-state index is 12.0. The third-order valence-corrected chi connectivity index (χ3v) is 3.08. The Hall–Kier alpha value is -2.63. The van der Waals surface area contributed by atoms with Crippen LogP contribution in [0.5, 0.6) is 0 Å². The summed E-state index contributed by atoms with van der Waals surface area (Å²) in [6.45, 7) is 0.451. The molecule has 1 aromatic heterocycles. The fraction of sp³-hybridized carbons (Fsp3) is 0.214. The molecule has 0 aliphatic carbocycles. The van der Waals surface area contributed by atoms with Crippen LogP contribution in [0.4, 0.5) is 5.82 Å². The van der Waals surface area contributed by atoms with Gasteiger partial charge >= 0.3 is 5.69 Å². The van der Waals surface area contributed by atoms with Gasteiger partial charge in [0.05, 0.1) is 12.1 Å². The van der Waals surface area contributed by atoms with Gasteiger partial charge in [-0.3, -0.25) is 18.9 Å². The summed E-state index contributed by atoms with van der Waals surface area (Å²) in [5, 5.41) is 0. The van der Waals surface area contributed by atoms with Gasteiger partial charge in [0.15, 0.2) is 0 Å². The molecule has 0 bridgehead atoms. The van der Waals surface area contributed by atoms with E-state index in [2.05, 4.69) is 4.99 Å². The quantitative estimate of drug-likeness (QED) is 0.815. The molecule has 0 saturated carbocycles. The van der Waals surface area contributed by atoms with Crippen LogP contribution in [-0.2, 0) is 20.6 Å². The molecule has 0 aliphatic rings. The number of nitrogen functional groups attached to an aromatic ring is 1. The van der Waals surface area contributed by atoms with Crippen molar-refractivity contribution >= 4 is 12.0 Å². The Bertz CT molecular complexity index is 757. The lowest BCUT2D eigenvalue weighted by Crippen LogP contribution is -2.40. The Morgan fingerprint density at radius 3 is 2.45 bits per heavy atom. The van der Waals surface area contributed by atoms with Gasteiger partial charge in [0.2, 0.25) is 0 Å². The Morgan fingerprint density at radius 1 is 1.15 bits per heavy atom. The highest BCUT2D eigenvalue weighted by Crippen LogP contribution is 2.02. The van der Waals surface area contributed by atoms with Gasteiger partial charge < -0.3 is 5.73 Å². The van der Waals surface area contributed by atoms with Crippen molar-refractivity contribution in [1.29, 1.82) is 0 Å². The molecule has 1 aromatic carbocycles. The summed E-state index contributed by atoms with van der Waals surface area (Å²) in [5.41, 5.74) is 6.16. The molecule has 2 rings (SSSR count). The average molecular weight is 272 g/mol. The van der Waals surface area contributed by atoms with Crippen molar-refractivity contribution in [2.75, 3.05) is 5.73 Å². The molecule has 0 atom stereocenters. The summed E-state index contributed by atoms with van der Waals surface area (Å²) in [5.74, 6) is 0.120. The maximum absolute atomic E-state index is 12.0. The van der Waals surface area contributed by atoms with Gasteiger partial charge in [-0.1, -0.05) is 30.3 Å². The second-order valence-corrected chi connectivity index (χ2v) is 4.46. The Kier molecular flexibility index (Phi) is 3.84. The van der Waals surface area contributed by atoms with E-state index in [1.54, 1.807) is 0 Å². The standard InChI is InChI=1S/C14H16N4O2/c1-17-12(15)11(13(19)18(2)14(17)20)9-16-8-10-6-4-3-5-7-10/h3-7,9H,8,15H2,1-2H3. The monoisotopic (exact) mass is 272 g/mol. The first kappa shape index (κ1) is 13.8. The Labute approximate surface area is 115 Å². The topological polar surface area (TPSA) is 82.4 Å². The molecule has 6 nitrogen and oxygen atoms in total. The van der Waals surface area contributed by atoms with Crippen molar-refractivity contribution < 1.29 is 0 Å². The average Bonchev–Trinajstić information content (AvgIpc) is 2.48. The van der Waals surface area contributed by atoms with Crippen LogP contribution in [0.3, 0.4) is 0 Å². The van der Waals surface area contributed by atoms with E-state index in [1.807, 2.05) is 30.3 Å². The number of aromatic nitrogens is 2. The summed E-state index contributed by atoms with van der Waals surface area (Å²) in [6, 6.07) is 9.65. The Morgan fingerprint density at radius 2 is 1.80 bits per heavy atom. The van der Waals surface area contributed by atoms with Gasteiger partial charge in [0.1, 0.15) is 5.82 Å². The summed E-state index contributed by atoms with van der Waals surface area (Å²) in [4.78, 5) is 27.9. The predicted octanol–water partition coefficient (Wildman–Crippen LogP) is 0.285.